The fourth-order valence-electron chi connectivity index (χ4n) is 1.89. The highest BCUT2D eigenvalue weighted by Gasteiger charge is 2.05. The third-order valence-electron chi connectivity index (χ3n) is 2.81. The topological polar surface area (TPSA) is 49.5 Å². The second-order valence-electron chi connectivity index (χ2n) is 4.41. The number of hydrogen-bond donors (Lipinski definition) is 2. The van der Waals surface area contributed by atoms with Gasteiger partial charge in [-0.2, -0.15) is 0 Å². The Bertz CT molecular complexity index is 343. The molecule has 0 spiro atoms. The van der Waals surface area contributed by atoms with Crippen LogP contribution in [-0.2, 0) is 6.54 Å². The first-order valence-corrected chi connectivity index (χ1v) is 6.78. The predicted octanol–water partition coefficient (Wildman–Crippen LogP) is 1.94. The van der Waals surface area contributed by atoms with Gasteiger partial charge in [-0.15, -0.1) is 0 Å². The Morgan fingerprint density at radius 2 is 1.89 bits per heavy atom. The molecule has 3 N–H and O–H groups in total. The van der Waals surface area contributed by atoms with E-state index in [1.807, 2.05) is 18.2 Å². The maximum atomic E-state index is 9.08. The van der Waals surface area contributed by atoms with Crippen LogP contribution in [0.15, 0.2) is 30.3 Å². The lowest BCUT2D eigenvalue weighted by Crippen LogP contribution is -2.27. The Hall–Kier alpha value is -0.970. The lowest BCUT2D eigenvalue weighted by molar-refractivity contribution is 0.188. The van der Waals surface area contributed by atoms with E-state index in [1.165, 1.54) is 5.56 Å². The molecule has 0 unspecified atom stereocenters. The van der Waals surface area contributed by atoms with Crippen LogP contribution in [0.5, 0.6) is 0 Å². The number of unbranched alkanes of at least 4 members (excludes halogenated alkanes) is 1. The maximum absolute atomic E-state index is 9.08. The van der Waals surface area contributed by atoms with Gasteiger partial charge in [-0.1, -0.05) is 42.5 Å². The van der Waals surface area contributed by atoms with Crippen molar-refractivity contribution in [2.75, 3.05) is 19.7 Å². The number of nitrogens with two attached hydrogens (primary N) is 1. The predicted molar refractivity (Wildman–Crippen MR) is 79.4 cm³/mol. The van der Waals surface area contributed by atoms with E-state index in [1.54, 1.807) is 0 Å². The average Bonchev–Trinajstić information content (AvgIpc) is 2.36. The number of benzene rings is 1. The molecule has 0 bridgehead atoms. The van der Waals surface area contributed by atoms with E-state index in [9.17, 15) is 0 Å². The van der Waals surface area contributed by atoms with Crippen LogP contribution in [0.25, 0.3) is 0 Å². The summed E-state index contributed by atoms with van der Waals surface area (Å²) in [5.41, 5.74) is 6.75. The van der Waals surface area contributed by atoms with Gasteiger partial charge in [-0.3, -0.25) is 4.90 Å². The lowest BCUT2D eigenvalue weighted by Gasteiger charge is -2.21. The summed E-state index contributed by atoms with van der Waals surface area (Å²) in [6.07, 6.45) is 2.89. The van der Waals surface area contributed by atoms with Crippen LogP contribution in [0.2, 0.25) is 0 Å². The van der Waals surface area contributed by atoms with Crippen molar-refractivity contribution in [2.24, 2.45) is 5.73 Å². The van der Waals surface area contributed by atoms with Crippen molar-refractivity contribution < 1.29 is 5.11 Å². The summed E-state index contributed by atoms with van der Waals surface area (Å²) in [5, 5.41) is 9.08. The van der Waals surface area contributed by atoms with Gasteiger partial charge in [0.25, 0.3) is 0 Å². The van der Waals surface area contributed by atoms with Gasteiger partial charge in [0.05, 0.1) is 11.6 Å². The molecule has 0 saturated heterocycles. The van der Waals surface area contributed by atoms with Gasteiger partial charge >= 0.3 is 0 Å². The zero-order chi connectivity index (χ0) is 13.2. The number of hydrogen-bond acceptors (Lipinski definition) is 3. The first kappa shape index (κ1) is 15.1. The highest BCUT2D eigenvalue weighted by atomic mass is 32.1. The molecule has 0 fully saturated rings. The van der Waals surface area contributed by atoms with Crippen molar-refractivity contribution in [3.05, 3.63) is 35.9 Å². The van der Waals surface area contributed by atoms with Crippen LogP contribution in [0, 0.1) is 0 Å². The molecular weight excluding hydrogens is 244 g/mol. The minimum absolute atomic E-state index is 0.197. The zero-order valence-corrected chi connectivity index (χ0v) is 11.5. The highest BCUT2D eigenvalue weighted by Crippen LogP contribution is 2.06. The van der Waals surface area contributed by atoms with Crippen molar-refractivity contribution in [1.82, 2.24) is 4.90 Å². The number of nitrogens with zero attached hydrogens (tertiary/aromatic N) is 1. The Morgan fingerprint density at radius 3 is 2.50 bits per heavy atom. The summed E-state index contributed by atoms with van der Waals surface area (Å²) >= 11 is 4.85. The monoisotopic (exact) mass is 266 g/mol. The third-order valence-corrected chi connectivity index (χ3v) is 3.02. The molecule has 3 nitrogen and oxygen atoms in total. The SMILES string of the molecule is NC(=S)CCCCN(CCO)Cc1ccccc1. The molecule has 0 heterocycles. The number of aliphatic hydroxyl groups excluding tert-OH is 1. The van der Waals surface area contributed by atoms with Gasteiger partial charge in [0.1, 0.15) is 0 Å². The van der Waals surface area contributed by atoms with Crippen LogP contribution < -0.4 is 5.73 Å². The van der Waals surface area contributed by atoms with Crippen LogP contribution in [0.4, 0.5) is 0 Å². The molecule has 18 heavy (non-hydrogen) atoms. The van der Waals surface area contributed by atoms with Crippen LogP contribution in [0.3, 0.4) is 0 Å². The molecule has 1 aromatic carbocycles. The van der Waals surface area contributed by atoms with E-state index in [-0.39, 0.29) is 6.61 Å². The molecule has 0 aromatic heterocycles. The summed E-state index contributed by atoms with van der Waals surface area (Å²) in [5.74, 6) is 0. The minimum Gasteiger partial charge on any atom is -0.395 e. The van der Waals surface area contributed by atoms with Crippen LogP contribution in [0.1, 0.15) is 24.8 Å². The molecule has 0 aliphatic rings. The van der Waals surface area contributed by atoms with Gasteiger partial charge in [0.2, 0.25) is 0 Å². The molecule has 0 atom stereocenters. The van der Waals surface area contributed by atoms with E-state index in [0.29, 0.717) is 11.5 Å². The summed E-state index contributed by atoms with van der Waals surface area (Å²) in [7, 11) is 0. The Balaban J connectivity index is 2.33. The molecule has 0 aliphatic heterocycles. The number of thiocarbonyl (C=S) groups is 1. The fraction of sp³-hybridized carbons (Fsp3) is 0.500. The Morgan fingerprint density at radius 1 is 1.17 bits per heavy atom. The van der Waals surface area contributed by atoms with E-state index in [2.05, 4.69) is 17.0 Å². The van der Waals surface area contributed by atoms with E-state index < -0.39 is 0 Å². The average molecular weight is 266 g/mol. The number of aliphatic hydroxyl groups is 1. The molecule has 4 heteroatoms. The molecular formula is C14H22N2OS. The fourth-order valence-corrected chi connectivity index (χ4v) is 2.03. The molecule has 0 amide bonds. The highest BCUT2D eigenvalue weighted by molar-refractivity contribution is 7.80. The second kappa shape index (κ2) is 9.03. The molecule has 0 radical (unpaired) electrons. The molecule has 0 saturated carbocycles. The largest absolute Gasteiger partial charge is 0.395 e. The van der Waals surface area contributed by atoms with Crippen molar-refractivity contribution >= 4 is 17.2 Å². The van der Waals surface area contributed by atoms with E-state index >= 15 is 0 Å². The lowest BCUT2D eigenvalue weighted by atomic mass is 10.2. The van der Waals surface area contributed by atoms with E-state index in [4.69, 9.17) is 23.1 Å². The first-order valence-electron chi connectivity index (χ1n) is 6.38. The van der Waals surface area contributed by atoms with Crippen molar-refractivity contribution in [2.45, 2.75) is 25.8 Å². The number of rotatable bonds is 9. The zero-order valence-electron chi connectivity index (χ0n) is 10.7. The molecule has 1 rings (SSSR count). The standard InChI is InChI=1S/C14H22N2OS/c15-14(18)8-4-5-9-16(10-11-17)12-13-6-2-1-3-7-13/h1-3,6-7,17H,4-5,8-12H2,(H2,15,18). The van der Waals surface area contributed by atoms with Crippen molar-refractivity contribution in [3.63, 3.8) is 0 Å². The summed E-state index contributed by atoms with van der Waals surface area (Å²) in [6.45, 7) is 2.76. The third kappa shape index (κ3) is 6.69. The van der Waals surface area contributed by atoms with Gasteiger partial charge in [-0.05, 0) is 31.4 Å². The quantitative estimate of drug-likeness (QED) is 0.530. The Kier molecular flexibility index (Phi) is 7.57. The molecule has 1 aromatic rings. The normalized spacial score (nSPS) is 10.8. The first-order chi connectivity index (χ1) is 8.72. The minimum atomic E-state index is 0.197. The second-order valence-corrected chi connectivity index (χ2v) is 4.93. The summed E-state index contributed by atoms with van der Waals surface area (Å²) in [4.78, 5) is 2.85. The van der Waals surface area contributed by atoms with Crippen LogP contribution >= 0.6 is 12.2 Å². The molecule has 100 valence electrons. The van der Waals surface area contributed by atoms with E-state index in [0.717, 1.165) is 32.4 Å². The van der Waals surface area contributed by atoms with Gasteiger partial charge in [0.15, 0.2) is 0 Å². The van der Waals surface area contributed by atoms with Crippen LogP contribution in [-0.4, -0.2) is 34.7 Å². The smallest absolute Gasteiger partial charge is 0.0727 e. The van der Waals surface area contributed by atoms with Crippen molar-refractivity contribution in [1.29, 1.82) is 0 Å². The summed E-state index contributed by atoms with van der Waals surface area (Å²) < 4.78 is 0. The van der Waals surface area contributed by atoms with Crippen molar-refractivity contribution in [3.8, 4) is 0 Å². The summed E-state index contributed by atoms with van der Waals surface area (Å²) in [6, 6.07) is 10.3. The Labute approximate surface area is 115 Å². The maximum Gasteiger partial charge on any atom is 0.0727 e. The van der Waals surface area contributed by atoms with Gasteiger partial charge in [0, 0.05) is 13.1 Å². The van der Waals surface area contributed by atoms with Gasteiger partial charge in [-0.25, -0.2) is 0 Å². The molecule has 0 aliphatic carbocycles. The van der Waals surface area contributed by atoms with Gasteiger partial charge < -0.3 is 10.8 Å².